The Hall–Kier alpha value is -1.85. The molecule has 0 aromatic heterocycles. The standard InChI is InChI=1S/C17H33N5O5S/c1-3-10(2)14(22-13(23)8-19)16(25)21-12(9-28)15(24)20-11(17(26)27)6-4-5-7-18/h10-12,14,28H,3-9,18-19H2,1-2H3,(H,20,24)(H,21,25)(H,22,23)(H,26,27). The van der Waals surface area contributed by atoms with E-state index in [4.69, 9.17) is 11.5 Å². The van der Waals surface area contributed by atoms with E-state index in [0.29, 0.717) is 25.8 Å². The summed E-state index contributed by atoms with van der Waals surface area (Å²) in [4.78, 5) is 48.0. The number of carbonyl (C=O) groups excluding carboxylic acids is 3. The first-order valence-corrected chi connectivity index (χ1v) is 9.98. The zero-order chi connectivity index (χ0) is 21.7. The highest BCUT2D eigenvalue weighted by atomic mass is 32.1. The molecule has 28 heavy (non-hydrogen) atoms. The number of unbranched alkanes of at least 4 members (excludes halogenated alkanes) is 1. The molecule has 0 saturated carbocycles. The summed E-state index contributed by atoms with van der Waals surface area (Å²) in [6.45, 7) is 3.82. The number of nitrogens with one attached hydrogen (secondary N) is 3. The number of hydrogen-bond acceptors (Lipinski definition) is 7. The molecule has 8 N–H and O–H groups in total. The Morgan fingerprint density at radius 2 is 1.61 bits per heavy atom. The van der Waals surface area contributed by atoms with Crippen molar-refractivity contribution in [1.29, 1.82) is 0 Å². The molecule has 162 valence electrons. The van der Waals surface area contributed by atoms with Crippen molar-refractivity contribution in [2.45, 2.75) is 57.7 Å². The lowest BCUT2D eigenvalue weighted by Gasteiger charge is -2.26. The normalized spacial score (nSPS) is 15.0. The van der Waals surface area contributed by atoms with Crippen LogP contribution in [0.4, 0.5) is 0 Å². The maximum atomic E-state index is 12.6. The summed E-state index contributed by atoms with van der Waals surface area (Å²) < 4.78 is 0. The van der Waals surface area contributed by atoms with Gasteiger partial charge in [-0.1, -0.05) is 20.3 Å². The van der Waals surface area contributed by atoms with E-state index >= 15 is 0 Å². The summed E-state index contributed by atoms with van der Waals surface area (Å²) in [7, 11) is 0. The van der Waals surface area contributed by atoms with Crippen molar-refractivity contribution in [2.75, 3.05) is 18.8 Å². The predicted molar refractivity (Wildman–Crippen MR) is 109 cm³/mol. The Balaban J connectivity index is 5.05. The number of carboxylic acids is 1. The van der Waals surface area contributed by atoms with Crippen LogP contribution in [0.25, 0.3) is 0 Å². The third kappa shape index (κ3) is 9.38. The number of carboxylic acid groups (broad SMARTS) is 1. The Labute approximate surface area is 171 Å². The number of aliphatic carboxylic acids is 1. The molecule has 0 aliphatic heterocycles. The number of rotatable bonds is 14. The van der Waals surface area contributed by atoms with E-state index in [0.717, 1.165) is 0 Å². The van der Waals surface area contributed by atoms with Gasteiger partial charge in [-0.25, -0.2) is 4.79 Å². The molecule has 10 nitrogen and oxygen atoms in total. The first-order valence-electron chi connectivity index (χ1n) is 9.35. The maximum absolute atomic E-state index is 12.6. The van der Waals surface area contributed by atoms with Gasteiger partial charge in [0.25, 0.3) is 0 Å². The zero-order valence-electron chi connectivity index (χ0n) is 16.4. The molecule has 4 atom stereocenters. The van der Waals surface area contributed by atoms with Crippen molar-refractivity contribution in [3.05, 3.63) is 0 Å². The van der Waals surface area contributed by atoms with E-state index in [2.05, 4.69) is 28.6 Å². The molecule has 0 aromatic carbocycles. The number of nitrogens with two attached hydrogens (primary N) is 2. The number of amides is 3. The highest BCUT2D eigenvalue weighted by Gasteiger charge is 2.30. The van der Waals surface area contributed by atoms with Gasteiger partial charge in [0, 0.05) is 5.75 Å². The van der Waals surface area contributed by atoms with E-state index in [1.54, 1.807) is 6.92 Å². The molecule has 4 unspecified atom stereocenters. The minimum absolute atomic E-state index is 0.0369. The Morgan fingerprint density at radius 3 is 2.07 bits per heavy atom. The Morgan fingerprint density at radius 1 is 1.00 bits per heavy atom. The molecule has 0 bridgehead atoms. The van der Waals surface area contributed by atoms with Crippen molar-refractivity contribution in [2.24, 2.45) is 17.4 Å². The third-order valence-corrected chi connectivity index (χ3v) is 4.74. The van der Waals surface area contributed by atoms with E-state index in [9.17, 15) is 24.3 Å². The first-order chi connectivity index (χ1) is 13.2. The zero-order valence-corrected chi connectivity index (χ0v) is 17.3. The molecule has 11 heteroatoms. The topological polar surface area (TPSA) is 177 Å². The molecule has 0 aliphatic carbocycles. The Bertz CT molecular complexity index is 534. The Kier molecular flexibility index (Phi) is 13.3. The van der Waals surface area contributed by atoms with Gasteiger partial charge in [0.05, 0.1) is 6.54 Å². The summed E-state index contributed by atoms with van der Waals surface area (Å²) in [5, 5.41) is 16.7. The third-order valence-electron chi connectivity index (χ3n) is 4.37. The first kappa shape index (κ1) is 26.1. The average Bonchev–Trinajstić information content (AvgIpc) is 2.67. The van der Waals surface area contributed by atoms with Crippen LogP contribution < -0.4 is 27.4 Å². The molecular formula is C17H33N5O5S. The lowest BCUT2D eigenvalue weighted by atomic mass is 9.98. The second-order valence-corrected chi connectivity index (χ2v) is 6.93. The fraction of sp³-hybridized carbons (Fsp3) is 0.765. The quantitative estimate of drug-likeness (QED) is 0.134. The second-order valence-electron chi connectivity index (χ2n) is 6.56. The number of thiol groups is 1. The molecule has 0 rings (SSSR count). The number of hydrogen-bond donors (Lipinski definition) is 7. The lowest BCUT2D eigenvalue weighted by molar-refractivity contribution is -0.142. The smallest absolute Gasteiger partial charge is 0.326 e. The molecule has 0 spiro atoms. The lowest BCUT2D eigenvalue weighted by Crippen LogP contribution is -2.58. The highest BCUT2D eigenvalue weighted by molar-refractivity contribution is 7.80. The van der Waals surface area contributed by atoms with Gasteiger partial charge in [-0.2, -0.15) is 12.6 Å². The van der Waals surface area contributed by atoms with Crippen LogP contribution in [0.5, 0.6) is 0 Å². The van der Waals surface area contributed by atoms with Crippen LogP contribution in [-0.4, -0.2) is 65.8 Å². The number of carbonyl (C=O) groups is 4. The summed E-state index contributed by atoms with van der Waals surface area (Å²) >= 11 is 4.07. The minimum atomic E-state index is -1.16. The minimum Gasteiger partial charge on any atom is -0.480 e. The predicted octanol–water partition coefficient (Wildman–Crippen LogP) is -1.41. The van der Waals surface area contributed by atoms with Gasteiger partial charge in [-0.15, -0.1) is 0 Å². The van der Waals surface area contributed by atoms with Crippen molar-refractivity contribution in [1.82, 2.24) is 16.0 Å². The van der Waals surface area contributed by atoms with Crippen molar-refractivity contribution in [3.63, 3.8) is 0 Å². The van der Waals surface area contributed by atoms with E-state index in [1.165, 1.54) is 0 Å². The van der Waals surface area contributed by atoms with Gasteiger partial charge in [-0.05, 0) is 31.7 Å². The van der Waals surface area contributed by atoms with Crippen molar-refractivity contribution >= 4 is 36.3 Å². The van der Waals surface area contributed by atoms with Crippen molar-refractivity contribution < 1.29 is 24.3 Å². The van der Waals surface area contributed by atoms with Gasteiger partial charge in [0.2, 0.25) is 17.7 Å². The monoisotopic (exact) mass is 419 g/mol. The molecule has 0 saturated heterocycles. The van der Waals surface area contributed by atoms with Gasteiger partial charge < -0.3 is 32.5 Å². The van der Waals surface area contributed by atoms with E-state index in [1.807, 2.05) is 6.92 Å². The average molecular weight is 420 g/mol. The van der Waals surface area contributed by atoms with Crippen LogP contribution in [0.3, 0.4) is 0 Å². The summed E-state index contributed by atoms with van der Waals surface area (Å²) in [6.07, 6.45) is 2.03. The fourth-order valence-electron chi connectivity index (χ4n) is 2.41. The summed E-state index contributed by atoms with van der Waals surface area (Å²) in [5.74, 6) is -3.09. The fourth-order valence-corrected chi connectivity index (χ4v) is 2.67. The van der Waals surface area contributed by atoms with Crippen molar-refractivity contribution in [3.8, 4) is 0 Å². The largest absolute Gasteiger partial charge is 0.480 e. The van der Waals surface area contributed by atoms with Crippen LogP contribution in [0.1, 0.15) is 39.5 Å². The van der Waals surface area contributed by atoms with Crippen LogP contribution in [0.2, 0.25) is 0 Å². The molecule has 0 aliphatic rings. The molecule has 0 heterocycles. The molecule has 0 fully saturated rings. The molecular weight excluding hydrogens is 386 g/mol. The van der Waals surface area contributed by atoms with Crippen LogP contribution in [0.15, 0.2) is 0 Å². The van der Waals surface area contributed by atoms with Crippen LogP contribution in [-0.2, 0) is 19.2 Å². The van der Waals surface area contributed by atoms with Crippen LogP contribution >= 0.6 is 12.6 Å². The maximum Gasteiger partial charge on any atom is 0.326 e. The summed E-state index contributed by atoms with van der Waals surface area (Å²) in [5.41, 5.74) is 10.7. The van der Waals surface area contributed by atoms with Crippen LogP contribution in [0, 0.1) is 5.92 Å². The highest BCUT2D eigenvalue weighted by Crippen LogP contribution is 2.09. The summed E-state index contributed by atoms with van der Waals surface area (Å²) in [6, 6.07) is -3.00. The molecule has 0 aromatic rings. The van der Waals surface area contributed by atoms with E-state index < -0.39 is 41.8 Å². The van der Waals surface area contributed by atoms with E-state index in [-0.39, 0.29) is 24.6 Å². The molecule has 0 radical (unpaired) electrons. The van der Waals surface area contributed by atoms with Gasteiger partial charge in [0.15, 0.2) is 0 Å². The van der Waals surface area contributed by atoms with Gasteiger partial charge >= 0.3 is 5.97 Å². The van der Waals surface area contributed by atoms with Gasteiger partial charge in [-0.3, -0.25) is 14.4 Å². The molecule has 3 amide bonds. The second kappa shape index (κ2) is 14.2. The van der Waals surface area contributed by atoms with Gasteiger partial charge in [0.1, 0.15) is 18.1 Å². The SMILES string of the molecule is CCC(C)C(NC(=O)CN)C(=O)NC(CS)C(=O)NC(CCCCN)C(=O)O.